The first kappa shape index (κ1) is 9.00. The maximum absolute atomic E-state index is 7.67. The fourth-order valence-electron chi connectivity index (χ4n) is 2.79. The summed E-state index contributed by atoms with van der Waals surface area (Å²) in [6.07, 6.45) is 17.2. The van der Waals surface area contributed by atoms with Gasteiger partial charge in [-0.15, -0.1) is 0 Å². The summed E-state index contributed by atoms with van der Waals surface area (Å²) >= 11 is 0. The van der Waals surface area contributed by atoms with Crippen LogP contribution in [0.15, 0.2) is 12.2 Å². The van der Waals surface area contributed by atoms with Gasteiger partial charge in [0.25, 0.3) is 0 Å². The van der Waals surface area contributed by atoms with Gasteiger partial charge in [0.2, 0.25) is 0 Å². The van der Waals surface area contributed by atoms with Gasteiger partial charge < -0.3 is 0 Å². The van der Waals surface area contributed by atoms with Gasteiger partial charge in [0, 0.05) is 1.37 Å². The molecule has 0 radical (unpaired) electrons. The normalized spacial score (nSPS) is 37.3. The molecule has 80 valence electrons. The van der Waals surface area contributed by atoms with Crippen LogP contribution >= 0.6 is 0 Å². The van der Waals surface area contributed by atoms with Crippen LogP contribution in [0.3, 0.4) is 0 Å². The van der Waals surface area contributed by atoms with Crippen molar-refractivity contribution < 1.29 is 1.37 Å². The van der Waals surface area contributed by atoms with E-state index in [2.05, 4.69) is 12.2 Å². The highest BCUT2D eigenvalue weighted by Crippen LogP contribution is 2.28. The van der Waals surface area contributed by atoms with E-state index in [0.717, 1.165) is 24.7 Å². The van der Waals surface area contributed by atoms with Crippen LogP contribution in [0, 0.1) is 11.8 Å². The molecule has 0 spiro atoms. The molecule has 0 aliphatic heterocycles. The van der Waals surface area contributed by atoms with Crippen molar-refractivity contribution in [3.8, 4) is 0 Å². The molecule has 0 N–H and O–H groups in total. The van der Waals surface area contributed by atoms with Crippen LogP contribution in [0.1, 0.15) is 65.6 Å². The summed E-state index contributed by atoms with van der Waals surface area (Å²) in [5.41, 5.74) is 0. The highest BCUT2D eigenvalue weighted by atomic mass is 14.2. The van der Waals surface area contributed by atoms with Gasteiger partial charge in [-0.25, -0.2) is 0 Å². The Morgan fingerprint density at radius 3 is 1.79 bits per heavy atom. The Morgan fingerprint density at radius 2 is 1.21 bits per heavy atom. The fourth-order valence-corrected chi connectivity index (χ4v) is 2.79. The smallest absolute Gasteiger partial charge is 0.0267 e. The Morgan fingerprint density at radius 1 is 0.714 bits per heavy atom. The summed E-state index contributed by atoms with van der Waals surface area (Å²) in [5.74, 6) is 1.68. The molecule has 0 aromatic rings. The van der Waals surface area contributed by atoms with Crippen LogP contribution in [0.25, 0.3) is 0 Å². The molecule has 0 heteroatoms. The quantitative estimate of drug-likeness (QED) is 0.557. The molecular weight excluding hydrogens is 168 g/mol. The summed E-state index contributed by atoms with van der Waals surface area (Å²) in [5, 5.41) is 0. The Hall–Kier alpha value is -0.260. The van der Waals surface area contributed by atoms with Gasteiger partial charge in [-0.3, -0.25) is 0 Å². The van der Waals surface area contributed by atoms with Crippen molar-refractivity contribution in [3.63, 3.8) is 0 Å². The third-order valence-corrected chi connectivity index (χ3v) is 3.79. The van der Waals surface area contributed by atoms with Gasteiger partial charge in [0.05, 0.1) is 0 Å². The van der Waals surface area contributed by atoms with Crippen LogP contribution < -0.4 is 0 Å². The third-order valence-electron chi connectivity index (χ3n) is 3.79. The first-order valence-electron chi connectivity index (χ1n) is 7.03. The summed E-state index contributed by atoms with van der Waals surface area (Å²) in [6, 6.07) is 0. The second-order valence-corrected chi connectivity index (χ2v) is 4.99. The van der Waals surface area contributed by atoms with Crippen molar-refractivity contribution in [1.29, 1.82) is 0 Å². The fraction of sp³-hybridized carbons (Fsp3) is 0.857. The summed E-state index contributed by atoms with van der Waals surface area (Å²) in [4.78, 5) is 0. The Balaban J connectivity index is 1.73. The minimum atomic E-state index is 0.240. The molecule has 2 aliphatic carbocycles. The zero-order valence-corrected chi connectivity index (χ0v) is 9.25. The van der Waals surface area contributed by atoms with Gasteiger partial charge in [0.1, 0.15) is 0 Å². The monoisotopic (exact) mass is 193 g/mol. The lowest BCUT2D eigenvalue weighted by Gasteiger charge is -2.21. The molecule has 2 rings (SSSR count). The minimum Gasteiger partial charge on any atom is -0.0851 e. The van der Waals surface area contributed by atoms with E-state index in [1.807, 2.05) is 0 Å². The molecule has 2 fully saturated rings. The summed E-state index contributed by atoms with van der Waals surface area (Å²) < 4.78 is 7.67. The van der Waals surface area contributed by atoms with Gasteiger partial charge in [-0.1, -0.05) is 50.7 Å². The molecule has 0 aromatic heterocycles. The van der Waals surface area contributed by atoms with Crippen molar-refractivity contribution in [2.45, 2.75) is 64.2 Å². The lowest BCUT2D eigenvalue weighted by atomic mass is 9.85. The lowest BCUT2D eigenvalue weighted by molar-refractivity contribution is 0.401. The van der Waals surface area contributed by atoms with Crippen molar-refractivity contribution in [3.05, 3.63) is 12.2 Å². The van der Waals surface area contributed by atoms with Gasteiger partial charge in [-0.2, -0.15) is 0 Å². The van der Waals surface area contributed by atoms with E-state index in [9.17, 15) is 0 Å². The summed E-state index contributed by atoms with van der Waals surface area (Å²) in [6.45, 7) is 0. The molecule has 2 saturated carbocycles. The van der Waals surface area contributed by atoms with E-state index in [1.165, 1.54) is 44.9 Å². The molecular formula is C14H24. The van der Waals surface area contributed by atoms with Crippen LogP contribution in [0.4, 0.5) is 0 Å². The van der Waals surface area contributed by atoms with Crippen molar-refractivity contribution >= 4 is 0 Å². The van der Waals surface area contributed by atoms with Crippen LogP contribution in [-0.2, 0) is 0 Å². The standard InChI is InChI=1S/C14H24/c1-3-7-13(8-4-1)11-12-14-9-5-2-6-10-14/h11-14H,1-10H2/i1D. The number of allylic oxidation sites excluding steroid dienone is 2. The topological polar surface area (TPSA) is 0 Å². The van der Waals surface area contributed by atoms with Crippen molar-refractivity contribution in [1.82, 2.24) is 0 Å². The van der Waals surface area contributed by atoms with E-state index in [1.54, 1.807) is 0 Å². The minimum absolute atomic E-state index is 0.240. The number of rotatable bonds is 2. The summed E-state index contributed by atoms with van der Waals surface area (Å²) in [7, 11) is 0. The SMILES string of the molecule is [2H]C1CCC(C=CC2CCCCC2)CC1. The van der Waals surface area contributed by atoms with Gasteiger partial charge in [0.15, 0.2) is 0 Å². The van der Waals surface area contributed by atoms with E-state index in [0.29, 0.717) is 0 Å². The predicted molar refractivity (Wildman–Crippen MR) is 62.3 cm³/mol. The number of hydrogen-bond acceptors (Lipinski definition) is 0. The molecule has 14 heavy (non-hydrogen) atoms. The highest BCUT2D eigenvalue weighted by Gasteiger charge is 2.13. The second-order valence-electron chi connectivity index (χ2n) is 4.99. The molecule has 0 unspecified atom stereocenters. The Bertz CT molecular complexity index is 195. The molecule has 0 aromatic carbocycles. The van der Waals surface area contributed by atoms with Crippen LogP contribution in [0.2, 0.25) is 0 Å². The first-order chi connectivity index (χ1) is 7.34. The van der Waals surface area contributed by atoms with Crippen LogP contribution in [-0.4, -0.2) is 0 Å². The van der Waals surface area contributed by atoms with Gasteiger partial charge >= 0.3 is 0 Å². The number of hydrogen-bond donors (Lipinski definition) is 0. The average molecular weight is 193 g/mol. The predicted octanol–water partition coefficient (Wildman–Crippen LogP) is 4.70. The average Bonchev–Trinajstić information content (AvgIpc) is 2.30. The Labute approximate surface area is 90.2 Å². The molecule has 0 nitrogen and oxygen atoms in total. The van der Waals surface area contributed by atoms with E-state index in [4.69, 9.17) is 1.37 Å². The van der Waals surface area contributed by atoms with E-state index in [-0.39, 0.29) is 6.40 Å². The first-order valence-corrected chi connectivity index (χ1v) is 6.45. The molecule has 0 heterocycles. The largest absolute Gasteiger partial charge is 0.0851 e. The molecule has 0 bridgehead atoms. The van der Waals surface area contributed by atoms with E-state index >= 15 is 0 Å². The maximum Gasteiger partial charge on any atom is 0.0267 e. The molecule has 2 aliphatic rings. The Kier molecular flexibility index (Phi) is 3.59. The third kappa shape index (κ3) is 3.15. The van der Waals surface area contributed by atoms with Crippen molar-refractivity contribution in [2.75, 3.05) is 0 Å². The van der Waals surface area contributed by atoms with Crippen molar-refractivity contribution in [2.24, 2.45) is 11.8 Å². The van der Waals surface area contributed by atoms with Crippen LogP contribution in [0.5, 0.6) is 0 Å². The zero-order chi connectivity index (χ0) is 10.5. The maximum atomic E-state index is 7.67. The molecule has 0 atom stereocenters. The van der Waals surface area contributed by atoms with Gasteiger partial charge in [-0.05, 0) is 37.5 Å². The van der Waals surface area contributed by atoms with E-state index < -0.39 is 0 Å². The lowest BCUT2D eigenvalue weighted by Crippen LogP contribution is -2.06. The highest BCUT2D eigenvalue weighted by molar-refractivity contribution is 4.94. The molecule has 0 saturated heterocycles. The molecule has 0 amide bonds. The second kappa shape index (κ2) is 5.58. The zero-order valence-electron chi connectivity index (χ0n) is 10.3.